The van der Waals surface area contributed by atoms with E-state index in [1.807, 2.05) is 0 Å². The average molecular weight is 646 g/mol. The first-order valence-electron chi connectivity index (χ1n) is 17.7. The molecule has 0 unspecified atom stereocenters. The van der Waals surface area contributed by atoms with Gasteiger partial charge in [0.2, 0.25) is 0 Å². The van der Waals surface area contributed by atoms with E-state index in [0.29, 0.717) is 0 Å². The molecular weight excluding hydrogens is 615 g/mol. The zero-order valence-electron chi connectivity index (χ0n) is 27.8. The zero-order valence-corrected chi connectivity index (χ0v) is 27.8. The molecule has 0 N–H and O–H groups in total. The molecule has 0 aliphatic heterocycles. The van der Waals surface area contributed by atoms with Gasteiger partial charge in [0.15, 0.2) is 0 Å². The third-order valence-corrected chi connectivity index (χ3v) is 10.9. The van der Waals surface area contributed by atoms with Crippen molar-refractivity contribution in [3.05, 3.63) is 188 Å². The molecule has 11 rings (SSSR count). The van der Waals surface area contributed by atoms with Gasteiger partial charge in [-0.3, -0.25) is 0 Å². The van der Waals surface area contributed by atoms with Crippen LogP contribution in [0.3, 0.4) is 0 Å². The van der Waals surface area contributed by atoms with Crippen molar-refractivity contribution >= 4 is 75.7 Å². The molecule has 1 heteroatoms. The highest BCUT2D eigenvalue weighted by atomic mass is 15.0. The molecule has 0 bridgehead atoms. The minimum atomic E-state index is 1.18. The normalized spacial score (nSPS) is 11.9. The van der Waals surface area contributed by atoms with Crippen molar-refractivity contribution in [2.24, 2.45) is 0 Å². The van der Waals surface area contributed by atoms with Gasteiger partial charge in [-0.25, -0.2) is 0 Å². The molecule has 1 aromatic heterocycles. The second-order valence-corrected chi connectivity index (χ2v) is 13.6. The largest absolute Gasteiger partial charge is 0.309 e. The van der Waals surface area contributed by atoms with Gasteiger partial charge in [-0.2, -0.15) is 0 Å². The molecule has 0 aliphatic rings. The Balaban J connectivity index is 1.25. The van der Waals surface area contributed by atoms with E-state index in [2.05, 4.69) is 193 Å². The van der Waals surface area contributed by atoms with E-state index in [9.17, 15) is 0 Å². The maximum absolute atomic E-state index is 2.45. The summed E-state index contributed by atoms with van der Waals surface area (Å²) in [6.45, 7) is 0. The molecule has 0 saturated heterocycles. The molecule has 51 heavy (non-hydrogen) atoms. The summed E-state index contributed by atoms with van der Waals surface area (Å²) in [6.07, 6.45) is 0. The Morgan fingerprint density at radius 2 is 0.686 bits per heavy atom. The van der Waals surface area contributed by atoms with Crippen LogP contribution >= 0.6 is 0 Å². The molecule has 0 aliphatic carbocycles. The lowest BCUT2D eigenvalue weighted by Crippen LogP contribution is -1.93. The molecule has 0 fully saturated rings. The van der Waals surface area contributed by atoms with Crippen LogP contribution in [0.5, 0.6) is 0 Å². The van der Waals surface area contributed by atoms with Crippen LogP contribution in [0.2, 0.25) is 0 Å². The summed E-state index contributed by atoms with van der Waals surface area (Å²) in [5.74, 6) is 0. The van der Waals surface area contributed by atoms with Crippen molar-refractivity contribution in [3.8, 4) is 27.9 Å². The SMILES string of the molecule is c1ccc(-c2c3ccccc3c(-c3ccc4c(c3)c3ccccc3c3cc5c(cc43)c3ccccc3n5-c3ccccc3)c3ccccc23)cc1. The summed E-state index contributed by atoms with van der Waals surface area (Å²) < 4.78 is 2.42. The molecule has 0 atom stereocenters. The molecule has 0 saturated carbocycles. The van der Waals surface area contributed by atoms with E-state index < -0.39 is 0 Å². The monoisotopic (exact) mass is 645 g/mol. The minimum absolute atomic E-state index is 1.18. The Labute approximate surface area is 295 Å². The van der Waals surface area contributed by atoms with Crippen LogP contribution in [0.1, 0.15) is 0 Å². The van der Waals surface area contributed by atoms with Gasteiger partial charge in [0.1, 0.15) is 0 Å². The highest BCUT2D eigenvalue weighted by Gasteiger charge is 2.19. The summed E-state index contributed by atoms with van der Waals surface area (Å²) >= 11 is 0. The summed E-state index contributed by atoms with van der Waals surface area (Å²) in [5, 5.41) is 15.3. The lowest BCUT2D eigenvalue weighted by molar-refractivity contribution is 1.18. The van der Waals surface area contributed by atoms with Crippen LogP contribution in [0.25, 0.3) is 104 Å². The van der Waals surface area contributed by atoms with E-state index >= 15 is 0 Å². The summed E-state index contributed by atoms with van der Waals surface area (Å²) in [6, 6.07) is 69.2. The molecule has 0 amide bonds. The van der Waals surface area contributed by atoms with Crippen LogP contribution in [-0.4, -0.2) is 4.57 Å². The molecule has 11 aromatic rings. The van der Waals surface area contributed by atoms with E-state index in [1.165, 1.54) is 104 Å². The number of nitrogens with zero attached hydrogens (tertiary/aromatic N) is 1. The fourth-order valence-electron chi connectivity index (χ4n) is 8.78. The highest BCUT2D eigenvalue weighted by Crippen LogP contribution is 2.46. The fourth-order valence-corrected chi connectivity index (χ4v) is 8.78. The second-order valence-electron chi connectivity index (χ2n) is 13.6. The fraction of sp³-hybridized carbons (Fsp3) is 0. The summed E-state index contributed by atoms with van der Waals surface area (Å²) in [7, 11) is 0. The lowest BCUT2D eigenvalue weighted by Gasteiger charge is -2.18. The first-order chi connectivity index (χ1) is 25.3. The third-order valence-electron chi connectivity index (χ3n) is 10.9. The molecule has 236 valence electrons. The Hall–Kier alpha value is -6.70. The Morgan fingerprint density at radius 1 is 0.235 bits per heavy atom. The number of para-hydroxylation sites is 2. The van der Waals surface area contributed by atoms with Gasteiger partial charge in [0.25, 0.3) is 0 Å². The van der Waals surface area contributed by atoms with Crippen LogP contribution in [0.4, 0.5) is 0 Å². The maximum atomic E-state index is 2.45. The van der Waals surface area contributed by atoms with Crippen molar-refractivity contribution in [2.45, 2.75) is 0 Å². The van der Waals surface area contributed by atoms with Crippen molar-refractivity contribution in [1.29, 1.82) is 0 Å². The summed E-state index contributed by atoms with van der Waals surface area (Å²) in [5.41, 5.74) is 8.69. The number of fused-ring (bicyclic) bond motifs is 11. The van der Waals surface area contributed by atoms with Crippen molar-refractivity contribution in [2.75, 3.05) is 0 Å². The van der Waals surface area contributed by atoms with Gasteiger partial charge < -0.3 is 4.57 Å². The lowest BCUT2D eigenvalue weighted by atomic mass is 9.85. The van der Waals surface area contributed by atoms with E-state index in [0.717, 1.165) is 0 Å². The van der Waals surface area contributed by atoms with Crippen LogP contribution in [0, 0.1) is 0 Å². The predicted molar refractivity (Wildman–Crippen MR) is 219 cm³/mol. The molecule has 0 spiro atoms. The number of benzene rings is 10. The van der Waals surface area contributed by atoms with Gasteiger partial charge in [0, 0.05) is 16.5 Å². The number of aromatic nitrogens is 1. The standard InChI is InChI=1S/C50H31N/c1-3-15-32(16-4-1)49-39-22-9-11-24-41(39)50(42-25-12-10-23-40(42)49)33-27-28-37-43(29-33)35-19-7-8-20-36(35)45-31-48-46(30-44(37)45)38-21-13-14-26-47(38)51(48)34-17-5-2-6-18-34/h1-31H. The first-order valence-corrected chi connectivity index (χ1v) is 17.7. The Morgan fingerprint density at radius 3 is 1.31 bits per heavy atom. The molecule has 10 aromatic carbocycles. The van der Waals surface area contributed by atoms with E-state index in [-0.39, 0.29) is 0 Å². The van der Waals surface area contributed by atoms with Gasteiger partial charge >= 0.3 is 0 Å². The van der Waals surface area contributed by atoms with E-state index in [1.54, 1.807) is 0 Å². The van der Waals surface area contributed by atoms with E-state index in [4.69, 9.17) is 0 Å². The smallest absolute Gasteiger partial charge is 0.0547 e. The molecule has 1 heterocycles. The quantitative estimate of drug-likeness (QED) is 0.133. The molecule has 0 radical (unpaired) electrons. The third kappa shape index (κ3) is 4.09. The Kier molecular flexibility index (Phi) is 6.02. The topological polar surface area (TPSA) is 4.93 Å². The van der Waals surface area contributed by atoms with Crippen LogP contribution in [-0.2, 0) is 0 Å². The number of rotatable bonds is 3. The number of hydrogen-bond donors (Lipinski definition) is 0. The maximum Gasteiger partial charge on any atom is 0.0547 e. The zero-order chi connectivity index (χ0) is 33.5. The first kappa shape index (κ1) is 28.2. The second kappa shape index (κ2) is 10.9. The average Bonchev–Trinajstić information content (AvgIpc) is 3.53. The van der Waals surface area contributed by atoms with Crippen LogP contribution < -0.4 is 0 Å². The summed E-state index contributed by atoms with van der Waals surface area (Å²) in [4.78, 5) is 0. The molecular formula is C50H31N. The highest BCUT2D eigenvalue weighted by molar-refractivity contribution is 6.30. The van der Waals surface area contributed by atoms with Crippen molar-refractivity contribution in [1.82, 2.24) is 4.57 Å². The minimum Gasteiger partial charge on any atom is -0.309 e. The van der Waals surface area contributed by atoms with Crippen LogP contribution in [0.15, 0.2) is 188 Å². The van der Waals surface area contributed by atoms with Gasteiger partial charge in [-0.05, 0) is 113 Å². The van der Waals surface area contributed by atoms with Crippen molar-refractivity contribution in [3.63, 3.8) is 0 Å². The predicted octanol–water partition coefficient (Wildman–Crippen LogP) is 13.9. The van der Waals surface area contributed by atoms with Gasteiger partial charge in [-0.15, -0.1) is 0 Å². The van der Waals surface area contributed by atoms with Gasteiger partial charge in [0.05, 0.1) is 11.0 Å². The van der Waals surface area contributed by atoms with Crippen molar-refractivity contribution < 1.29 is 0 Å². The molecule has 1 nitrogen and oxygen atoms in total. The number of hydrogen-bond acceptors (Lipinski definition) is 0. The Bertz CT molecular complexity index is 3110. The van der Waals surface area contributed by atoms with Gasteiger partial charge in [-0.1, -0.05) is 152 Å².